The molecule has 0 saturated carbocycles. The van der Waals surface area contributed by atoms with Gasteiger partial charge in [0.2, 0.25) is 0 Å². The summed E-state index contributed by atoms with van der Waals surface area (Å²) >= 11 is 12.0. The highest BCUT2D eigenvalue weighted by Crippen LogP contribution is 2.33. The summed E-state index contributed by atoms with van der Waals surface area (Å²) in [7, 11) is 0. The van der Waals surface area contributed by atoms with Crippen molar-refractivity contribution in [2.24, 2.45) is 0 Å². The molecule has 0 N–H and O–H groups in total. The van der Waals surface area contributed by atoms with Crippen LogP contribution in [0.3, 0.4) is 0 Å². The third-order valence-electron chi connectivity index (χ3n) is 3.15. The highest BCUT2D eigenvalue weighted by Gasteiger charge is 2.37. The zero-order valence-corrected chi connectivity index (χ0v) is 11.1. The van der Waals surface area contributed by atoms with E-state index < -0.39 is 5.60 Å². The largest absolute Gasteiger partial charge is 0.367 e. The molecular weight excluding hydrogens is 259 g/mol. The van der Waals surface area contributed by atoms with Crippen molar-refractivity contribution in [2.45, 2.75) is 31.8 Å². The second kappa shape index (κ2) is 4.97. The molecule has 1 heterocycles. The Morgan fingerprint density at radius 1 is 1.35 bits per heavy atom. The molecule has 0 spiro atoms. The van der Waals surface area contributed by atoms with E-state index in [1.54, 1.807) is 18.2 Å². The van der Waals surface area contributed by atoms with Crippen LogP contribution in [0.5, 0.6) is 0 Å². The van der Waals surface area contributed by atoms with Crippen LogP contribution in [-0.2, 0) is 4.74 Å². The molecule has 1 fully saturated rings. The van der Waals surface area contributed by atoms with Gasteiger partial charge >= 0.3 is 0 Å². The molecule has 4 heteroatoms. The standard InChI is InChI=1S/C13H14Cl2O2/c1-13(7-2-3-8-17-13)12(16)9-5-4-6-10(14)11(9)15/h4-6H,2-3,7-8H2,1H3. The molecule has 17 heavy (non-hydrogen) atoms. The molecule has 1 aromatic carbocycles. The number of hydrogen-bond donors (Lipinski definition) is 0. The number of ketones is 1. The van der Waals surface area contributed by atoms with Gasteiger partial charge in [0.25, 0.3) is 0 Å². The molecule has 1 aromatic rings. The van der Waals surface area contributed by atoms with Crippen LogP contribution in [0, 0.1) is 0 Å². The highest BCUT2D eigenvalue weighted by atomic mass is 35.5. The Kier molecular flexibility index (Phi) is 3.76. The van der Waals surface area contributed by atoms with Crippen LogP contribution in [0.25, 0.3) is 0 Å². The maximum atomic E-state index is 12.4. The van der Waals surface area contributed by atoms with Gasteiger partial charge in [0.05, 0.1) is 10.0 Å². The van der Waals surface area contributed by atoms with Gasteiger partial charge in [-0.15, -0.1) is 0 Å². The lowest BCUT2D eigenvalue weighted by molar-refractivity contribution is -0.0426. The zero-order chi connectivity index (χ0) is 12.5. The molecule has 92 valence electrons. The summed E-state index contributed by atoms with van der Waals surface area (Å²) in [6, 6.07) is 5.10. The average molecular weight is 273 g/mol. The van der Waals surface area contributed by atoms with Crippen molar-refractivity contribution >= 4 is 29.0 Å². The van der Waals surface area contributed by atoms with E-state index in [1.165, 1.54) is 0 Å². The number of hydrogen-bond acceptors (Lipinski definition) is 2. The number of benzene rings is 1. The summed E-state index contributed by atoms with van der Waals surface area (Å²) < 4.78 is 5.63. The normalized spacial score (nSPS) is 24.6. The summed E-state index contributed by atoms with van der Waals surface area (Å²) in [4.78, 5) is 12.4. The lowest BCUT2D eigenvalue weighted by Gasteiger charge is -2.32. The highest BCUT2D eigenvalue weighted by molar-refractivity contribution is 6.44. The zero-order valence-electron chi connectivity index (χ0n) is 9.63. The third kappa shape index (κ3) is 2.49. The Hall–Kier alpha value is -0.570. The van der Waals surface area contributed by atoms with Crippen molar-refractivity contribution in [1.82, 2.24) is 0 Å². The van der Waals surface area contributed by atoms with Gasteiger partial charge in [-0.3, -0.25) is 4.79 Å². The molecule has 2 rings (SSSR count). The summed E-state index contributed by atoms with van der Waals surface area (Å²) in [5.41, 5.74) is -0.310. The Bertz CT molecular complexity index is 437. The monoisotopic (exact) mass is 272 g/mol. The van der Waals surface area contributed by atoms with E-state index in [0.29, 0.717) is 22.2 Å². The molecule has 0 radical (unpaired) electrons. The first-order valence-corrected chi connectivity index (χ1v) is 6.43. The number of ether oxygens (including phenoxy) is 1. The smallest absolute Gasteiger partial charge is 0.195 e. The van der Waals surface area contributed by atoms with Gasteiger partial charge in [0.1, 0.15) is 5.60 Å². The quantitative estimate of drug-likeness (QED) is 0.757. The van der Waals surface area contributed by atoms with Crippen molar-refractivity contribution < 1.29 is 9.53 Å². The Labute approximate surface area is 111 Å². The fourth-order valence-electron chi connectivity index (χ4n) is 2.08. The van der Waals surface area contributed by atoms with E-state index in [9.17, 15) is 4.79 Å². The number of Topliss-reactive ketones (excluding diaryl/α,β-unsaturated/α-hetero) is 1. The first-order valence-electron chi connectivity index (χ1n) is 5.67. The van der Waals surface area contributed by atoms with Gasteiger partial charge in [-0.25, -0.2) is 0 Å². The Morgan fingerprint density at radius 2 is 2.12 bits per heavy atom. The SMILES string of the molecule is CC1(C(=O)c2cccc(Cl)c2Cl)CCCCO1. The van der Waals surface area contributed by atoms with Crippen molar-refractivity contribution in [1.29, 1.82) is 0 Å². The lowest BCUT2D eigenvalue weighted by Crippen LogP contribution is -2.41. The van der Waals surface area contributed by atoms with Crippen molar-refractivity contribution in [2.75, 3.05) is 6.61 Å². The minimum Gasteiger partial charge on any atom is -0.367 e. The van der Waals surface area contributed by atoms with E-state index in [4.69, 9.17) is 27.9 Å². The molecule has 0 bridgehead atoms. The molecular formula is C13H14Cl2O2. The average Bonchev–Trinajstić information content (AvgIpc) is 2.33. The number of halogens is 2. The molecule has 0 amide bonds. The van der Waals surface area contributed by atoms with Crippen molar-refractivity contribution in [3.8, 4) is 0 Å². The fourth-order valence-corrected chi connectivity index (χ4v) is 2.46. The van der Waals surface area contributed by atoms with Crippen molar-refractivity contribution in [3.63, 3.8) is 0 Å². The van der Waals surface area contributed by atoms with E-state index in [1.807, 2.05) is 6.92 Å². The molecule has 1 atom stereocenters. The maximum absolute atomic E-state index is 12.4. The van der Waals surface area contributed by atoms with Crippen LogP contribution in [0.2, 0.25) is 10.0 Å². The van der Waals surface area contributed by atoms with Crippen LogP contribution in [0.4, 0.5) is 0 Å². The lowest BCUT2D eigenvalue weighted by atomic mass is 9.88. The van der Waals surface area contributed by atoms with Crippen molar-refractivity contribution in [3.05, 3.63) is 33.8 Å². The van der Waals surface area contributed by atoms with Gasteiger partial charge in [0, 0.05) is 12.2 Å². The van der Waals surface area contributed by atoms with Gasteiger partial charge < -0.3 is 4.74 Å². The molecule has 2 nitrogen and oxygen atoms in total. The number of carbonyl (C=O) groups is 1. The van der Waals surface area contributed by atoms with E-state index in [0.717, 1.165) is 19.3 Å². The van der Waals surface area contributed by atoms with Gasteiger partial charge in [-0.2, -0.15) is 0 Å². The summed E-state index contributed by atoms with van der Waals surface area (Å²) in [5, 5.41) is 0.714. The topological polar surface area (TPSA) is 26.3 Å². The molecule has 0 aliphatic carbocycles. The first kappa shape index (κ1) is 12.9. The van der Waals surface area contributed by atoms with Gasteiger partial charge in [0.15, 0.2) is 5.78 Å². The van der Waals surface area contributed by atoms with Crippen LogP contribution in [0.1, 0.15) is 36.5 Å². The number of carbonyl (C=O) groups excluding carboxylic acids is 1. The van der Waals surface area contributed by atoms with Crippen LogP contribution in [-0.4, -0.2) is 18.0 Å². The second-order valence-corrected chi connectivity index (χ2v) is 5.25. The predicted octanol–water partition coefficient (Wildman–Crippen LogP) is 4.14. The molecule has 0 aromatic heterocycles. The molecule has 1 aliphatic heterocycles. The maximum Gasteiger partial charge on any atom is 0.195 e. The van der Waals surface area contributed by atoms with Crippen LogP contribution < -0.4 is 0 Å². The second-order valence-electron chi connectivity index (χ2n) is 4.47. The van der Waals surface area contributed by atoms with Gasteiger partial charge in [-0.1, -0.05) is 29.3 Å². The van der Waals surface area contributed by atoms with Crippen LogP contribution >= 0.6 is 23.2 Å². The minimum absolute atomic E-state index is 0.0790. The first-order chi connectivity index (χ1) is 8.04. The third-order valence-corrected chi connectivity index (χ3v) is 3.96. The van der Waals surface area contributed by atoms with Gasteiger partial charge in [-0.05, 0) is 38.3 Å². The van der Waals surface area contributed by atoms with E-state index in [2.05, 4.69) is 0 Å². The van der Waals surface area contributed by atoms with E-state index >= 15 is 0 Å². The summed E-state index contributed by atoms with van der Waals surface area (Å²) in [6.45, 7) is 2.45. The minimum atomic E-state index is -0.757. The molecule has 1 unspecified atom stereocenters. The Morgan fingerprint density at radius 3 is 2.76 bits per heavy atom. The predicted molar refractivity (Wildman–Crippen MR) is 69.0 cm³/mol. The summed E-state index contributed by atoms with van der Waals surface area (Å²) in [6.07, 6.45) is 2.74. The van der Waals surface area contributed by atoms with Crippen LogP contribution in [0.15, 0.2) is 18.2 Å². The number of rotatable bonds is 2. The molecule has 1 aliphatic rings. The van der Waals surface area contributed by atoms with E-state index in [-0.39, 0.29) is 5.78 Å². The summed E-state index contributed by atoms with van der Waals surface area (Å²) in [5.74, 6) is -0.0790. The molecule has 1 saturated heterocycles. The Balaban J connectivity index is 2.33. The fraction of sp³-hybridized carbons (Fsp3) is 0.462.